The van der Waals surface area contributed by atoms with Crippen LogP contribution in [-0.2, 0) is 11.0 Å². The highest BCUT2D eigenvalue weighted by Gasteiger charge is 2.31. The Morgan fingerprint density at radius 2 is 1.95 bits per heavy atom. The predicted octanol–water partition coefficient (Wildman–Crippen LogP) is 3.80. The van der Waals surface area contributed by atoms with Gasteiger partial charge in [0, 0.05) is 43.2 Å². The third-order valence-electron chi connectivity index (χ3n) is 6.06. The number of aromatic nitrogens is 2. The van der Waals surface area contributed by atoms with Gasteiger partial charge in [0.1, 0.15) is 18.2 Å². The summed E-state index contributed by atoms with van der Waals surface area (Å²) in [6.07, 6.45) is -2.55. The number of anilines is 2. The largest absolute Gasteiger partial charge is 0.416 e. The molecule has 0 aliphatic carbocycles. The van der Waals surface area contributed by atoms with Crippen molar-refractivity contribution in [2.45, 2.75) is 32.4 Å². The van der Waals surface area contributed by atoms with Crippen LogP contribution in [-0.4, -0.2) is 64.0 Å². The van der Waals surface area contributed by atoms with Crippen molar-refractivity contribution in [3.63, 3.8) is 0 Å². The van der Waals surface area contributed by atoms with E-state index in [0.717, 1.165) is 17.7 Å². The van der Waals surface area contributed by atoms with Gasteiger partial charge < -0.3 is 26.0 Å². The highest BCUT2D eigenvalue weighted by atomic mass is 19.4. The molecule has 3 aromatic rings. The SMILES string of the molecule is Cc1nc(N[C@H](C)c2cc(N)cc(C(F)(F)F)c2)c2cc(C3=CN(CC(=O)N(C)C)[C@H](O)N=C3)ccc2n1. The fourth-order valence-electron chi connectivity index (χ4n) is 4.00. The number of alkyl halides is 3. The van der Waals surface area contributed by atoms with Crippen LogP contribution in [0, 0.1) is 6.92 Å². The number of hydrogen-bond donors (Lipinski definition) is 3. The number of aliphatic hydroxyl groups excluding tert-OH is 1. The van der Waals surface area contributed by atoms with Crippen LogP contribution in [0.4, 0.5) is 24.7 Å². The lowest BCUT2D eigenvalue weighted by atomic mass is 10.0. The minimum Gasteiger partial charge on any atom is -0.399 e. The molecule has 0 bridgehead atoms. The molecule has 0 fully saturated rings. The number of amides is 1. The molecule has 200 valence electrons. The molecule has 1 aromatic heterocycles. The van der Waals surface area contributed by atoms with E-state index < -0.39 is 24.1 Å². The number of likely N-dealkylation sites (N-methyl/N-ethyl adjacent to an activating group) is 1. The Balaban J connectivity index is 1.69. The summed E-state index contributed by atoms with van der Waals surface area (Å²) in [7, 11) is 3.25. The highest BCUT2D eigenvalue weighted by molar-refractivity contribution is 6.11. The summed E-state index contributed by atoms with van der Waals surface area (Å²) >= 11 is 0. The van der Waals surface area contributed by atoms with Crippen LogP contribution >= 0.6 is 0 Å². The zero-order valence-electron chi connectivity index (χ0n) is 21.3. The molecule has 0 unspecified atom stereocenters. The third-order valence-corrected chi connectivity index (χ3v) is 6.06. The van der Waals surface area contributed by atoms with Crippen LogP contribution in [0.2, 0.25) is 0 Å². The van der Waals surface area contributed by atoms with Crippen molar-refractivity contribution in [2.24, 2.45) is 4.99 Å². The van der Waals surface area contributed by atoms with Gasteiger partial charge in [-0.3, -0.25) is 4.79 Å². The number of nitrogen functional groups attached to an aromatic ring is 1. The van der Waals surface area contributed by atoms with E-state index in [2.05, 4.69) is 20.3 Å². The maximum atomic E-state index is 13.3. The third kappa shape index (κ3) is 5.86. The molecular weight excluding hydrogens is 499 g/mol. The van der Waals surface area contributed by atoms with Gasteiger partial charge in [0.2, 0.25) is 12.3 Å². The Kier molecular flexibility index (Phi) is 7.27. The van der Waals surface area contributed by atoms with Crippen LogP contribution in [0.25, 0.3) is 16.5 Å². The number of nitrogens with two attached hydrogens (primary N) is 1. The summed E-state index contributed by atoms with van der Waals surface area (Å²) in [5.41, 5.74) is 7.30. The van der Waals surface area contributed by atoms with Crippen LogP contribution < -0.4 is 11.1 Å². The fraction of sp³-hybridized carbons (Fsp3) is 0.308. The quantitative estimate of drug-likeness (QED) is 0.417. The van der Waals surface area contributed by atoms with Crippen LogP contribution in [0.3, 0.4) is 0 Å². The normalized spacial score (nSPS) is 16.4. The maximum absolute atomic E-state index is 13.3. The van der Waals surface area contributed by atoms with Gasteiger partial charge >= 0.3 is 6.18 Å². The molecular formula is C26H28F3N7O2. The molecule has 0 saturated carbocycles. The van der Waals surface area contributed by atoms with E-state index in [1.54, 1.807) is 40.2 Å². The van der Waals surface area contributed by atoms with Crippen LogP contribution in [0.5, 0.6) is 0 Å². The van der Waals surface area contributed by atoms with Crippen molar-refractivity contribution in [3.8, 4) is 0 Å². The standard InChI is InChI=1S/C26H28F3N7O2/c1-14(17-7-19(26(27,28)29)10-20(30)8-17)32-24-21-9-16(5-6-22(21)33-15(2)34-24)18-11-31-25(38)36(12-18)13-23(37)35(3)4/h5-12,14,25,38H,13,30H2,1-4H3,(H,32,33,34)/t14-,25-/m1/s1. The molecule has 4 N–H and O–H groups in total. The van der Waals surface area contributed by atoms with E-state index in [4.69, 9.17) is 5.73 Å². The summed E-state index contributed by atoms with van der Waals surface area (Å²) in [4.78, 5) is 28.1. The number of rotatable bonds is 6. The lowest BCUT2D eigenvalue weighted by molar-refractivity contribution is -0.137. The number of halogens is 3. The minimum absolute atomic E-state index is 0.0116. The number of nitrogens with one attached hydrogen (secondary N) is 1. The summed E-state index contributed by atoms with van der Waals surface area (Å²) < 4.78 is 40.0. The molecule has 0 radical (unpaired) electrons. The van der Waals surface area contributed by atoms with Crippen molar-refractivity contribution >= 4 is 40.1 Å². The van der Waals surface area contributed by atoms with Gasteiger partial charge in [-0.05, 0) is 55.3 Å². The Hall–Kier alpha value is -4.19. The van der Waals surface area contributed by atoms with E-state index in [1.165, 1.54) is 22.1 Å². The maximum Gasteiger partial charge on any atom is 0.416 e. The molecule has 1 aliphatic heterocycles. The number of benzene rings is 2. The number of aryl methyl sites for hydroxylation is 1. The van der Waals surface area contributed by atoms with Gasteiger partial charge in [-0.15, -0.1) is 0 Å². The van der Waals surface area contributed by atoms with Gasteiger partial charge in [0.05, 0.1) is 17.1 Å². The van der Waals surface area contributed by atoms with Gasteiger partial charge in [-0.1, -0.05) is 6.07 Å². The van der Waals surface area contributed by atoms with Gasteiger partial charge in [-0.25, -0.2) is 15.0 Å². The molecule has 0 spiro atoms. The van der Waals surface area contributed by atoms with E-state index in [-0.39, 0.29) is 18.1 Å². The average Bonchev–Trinajstić information content (AvgIpc) is 2.84. The van der Waals surface area contributed by atoms with Crippen molar-refractivity contribution in [2.75, 3.05) is 31.7 Å². The Bertz CT molecular complexity index is 1440. The van der Waals surface area contributed by atoms with Gasteiger partial charge in [0.25, 0.3) is 0 Å². The first-order chi connectivity index (χ1) is 17.8. The molecule has 2 aromatic carbocycles. The molecule has 9 nitrogen and oxygen atoms in total. The number of allylic oxidation sites excluding steroid dienone is 1. The zero-order valence-corrected chi connectivity index (χ0v) is 21.3. The Labute approximate surface area is 217 Å². The molecule has 2 heterocycles. The number of aliphatic hydroxyl groups is 1. The number of nitrogens with zero attached hydrogens (tertiary/aromatic N) is 5. The predicted molar refractivity (Wildman–Crippen MR) is 140 cm³/mol. The summed E-state index contributed by atoms with van der Waals surface area (Å²) in [6.45, 7) is 3.39. The molecule has 4 rings (SSSR count). The number of carbonyl (C=O) groups excluding carboxylic acids is 1. The Morgan fingerprint density at radius 3 is 2.63 bits per heavy atom. The number of fused-ring (bicyclic) bond motifs is 1. The molecule has 1 amide bonds. The van der Waals surface area contributed by atoms with E-state index >= 15 is 0 Å². The zero-order chi connectivity index (χ0) is 27.8. The number of aliphatic imine (C=N–C) groups is 1. The van der Waals surface area contributed by atoms with Crippen molar-refractivity contribution in [1.82, 2.24) is 19.8 Å². The first-order valence-corrected chi connectivity index (χ1v) is 11.7. The van der Waals surface area contributed by atoms with Crippen molar-refractivity contribution in [1.29, 1.82) is 0 Å². The topological polar surface area (TPSA) is 120 Å². The molecule has 38 heavy (non-hydrogen) atoms. The molecule has 0 saturated heterocycles. The summed E-state index contributed by atoms with van der Waals surface area (Å²) in [6, 6.07) is 8.35. The minimum atomic E-state index is -4.52. The molecule has 12 heteroatoms. The summed E-state index contributed by atoms with van der Waals surface area (Å²) in [5, 5.41) is 14.1. The summed E-state index contributed by atoms with van der Waals surface area (Å²) in [5.74, 6) is 0.721. The second-order valence-electron chi connectivity index (χ2n) is 9.27. The smallest absolute Gasteiger partial charge is 0.399 e. The van der Waals surface area contributed by atoms with E-state index in [0.29, 0.717) is 33.7 Å². The first kappa shape index (κ1) is 26.9. The Morgan fingerprint density at radius 1 is 1.21 bits per heavy atom. The van der Waals surface area contributed by atoms with Gasteiger partial charge in [-0.2, -0.15) is 13.2 Å². The average molecular weight is 528 g/mol. The highest BCUT2D eigenvalue weighted by Crippen LogP contribution is 2.34. The first-order valence-electron chi connectivity index (χ1n) is 11.7. The molecule has 2 atom stereocenters. The van der Waals surface area contributed by atoms with Crippen LogP contribution in [0.1, 0.15) is 35.5 Å². The van der Waals surface area contributed by atoms with Gasteiger partial charge in [0.15, 0.2) is 0 Å². The number of carbonyl (C=O) groups is 1. The van der Waals surface area contributed by atoms with Crippen LogP contribution in [0.15, 0.2) is 47.6 Å². The lowest BCUT2D eigenvalue weighted by Gasteiger charge is -2.28. The second-order valence-corrected chi connectivity index (χ2v) is 9.27. The molecule has 1 aliphatic rings. The van der Waals surface area contributed by atoms with E-state index in [1.807, 2.05) is 12.1 Å². The second kappa shape index (κ2) is 10.3. The lowest BCUT2D eigenvalue weighted by Crippen LogP contribution is -2.40. The van der Waals surface area contributed by atoms with E-state index in [9.17, 15) is 23.1 Å². The van der Waals surface area contributed by atoms with Crippen molar-refractivity contribution in [3.05, 3.63) is 65.1 Å². The fourth-order valence-corrected chi connectivity index (χ4v) is 4.00. The number of hydrogen-bond acceptors (Lipinski definition) is 8. The monoisotopic (exact) mass is 527 g/mol. The van der Waals surface area contributed by atoms with Crippen molar-refractivity contribution < 1.29 is 23.1 Å².